The van der Waals surface area contributed by atoms with Gasteiger partial charge in [-0.1, -0.05) is 0 Å². The second-order valence-corrected chi connectivity index (χ2v) is 5.30. The van der Waals surface area contributed by atoms with E-state index in [9.17, 15) is 9.18 Å². The van der Waals surface area contributed by atoms with Gasteiger partial charge in [0.1, 0.15) is 11.6 Å². The number of carbonyl (C=O) groups is 1. The molecule has 0 unspecified atom stereocenters. The lowest BCUT2D eigenvalue weighted by molar-refractivity contribution is -0.123. The first-order valence-electron chi connectivity index (χ1n) is 5.90. The fourth-order valence-electron chi connectivity index (χ4n) is 1.40. The number of halogens is 1. The van der Waals surface area contributed by atoms with Crippen LogP contribution >= 0.6 is 11.3 Å². The number of rotatable bonds is 5. The summed E-state index contributed by atoms with van der Waals surface area (Å²) in [5.41, 5.74) is 2.36. The summed E-state index contributed by atoms with van der Waals surface area (Å²) in [6.07, 6.45) is 1.58. The van der Waals surface area contributed by atoms with Crippen LogP contribution in [0.25, 0.3) is 0 Å². The number of thiophene rings is 1. The minimum Gasteiger partial charge on any atom is -0.484 e. The van der Waals surface area contributed by atoms with Crippen molar-refractivity contribution in [2.45, 2.75) is 6.92 Å². The van der Waals surface area contributed by atoms with E-state index in [0.717, 1.165) is 4.88 Å². The fraction of sp³-hybridized carbons (Fsp3) is 0.143. The molecule has 20 heavy (non-hydrogen) atoms. The highest BCUT2D eigenvalue weighted by Crippen LogP contribution is 2.12. The number of ether oxygens (including phenoxy) is 1. The Balaban J connectivity index is 1.75. The van der Waals surface area contributed by atoms with Crippen LogP contribution in [0.15, 0.2) is 41.5 Å². The fourth-order valence-corrected chi connectivity index (χ4v) is 2.15. The monoisotopic (exact) mass is 292 g/mol. The van der Waals surface area contributed by atoms with Gasteiger partial charge in [0.05, 0.1) is 6.21 Å². The predicted molar refractivity (Wildman–Crippen MR) is 76.7 cm³/mol. The first-order valence-corrected chi connectivity index (χ1v) is 6.72. The van der Waals surface area contributed by atoms with E-state index in [2.05, 4.69) is 10.5 Å². The molecule has 0 aliphatic heterocycles. The number of hydrogen-bond acceptors (Lipinski definition) is 4. The largest absolute Gasteiger partial charge is 0.484 e. The molecule has 0 saturated carbocycles. The molecule has 0 fully saturated rings. The van der Waals surface area contributed by atoms with Crippen molar-refractivity contribution in [1.82, 2.24) is 5.43 Å². The molecule has 1 aromatic carbocycles. The van der Waals surface area contributed by atoms with Gasteiger partial charge in [0.2, 0.25) is 0 Å². The average Bonchev–Trinajstić information content (AvgIpc) is 2.84. The van der Waals surface area contributed by atoms with E-state index in [1.165, 1.54) is 29.1 Å². The molecule has 1 heterocycles. The Morgan fingerprint density at radius 3 is 2.75 bits per heavy atom. The molecule has 4 nitrogen and oxygen atoms in total. The topological polar surface area (TPSA) is 50.7 Å². The summed E-state index contributed by atoms with van der Waals surface area (Å²) < 4.78 is 17.8. The molecule has 2 rings (SSSR count). The molecule has 0 spiro atoms. The van der Waals surface area contributed by atoms with Crippen LogP contribution in [0.5, 0.6) is 5.75 Å². The molecule has 1 amide bonds. The number of amides is 1. The van der Waals surface area contributed by atoms with Crippen LogP contribution < -0.4 is 10.2 Å². The Bertz CT molecular complexity index is 608. The van der Waals surface area contributed by atoms with Crippen molar-refractivity contribution in [2.24, 2.45) is 5.10 Å². The predicted octanol–water partition coefficient (Wildman–Crippen LogP) is 2.72. The van der Waals surface area contributed by atoms with Crippen LogP contribution in [-0.4, -0.2) is 18.7 Å². The molecule has 0 bridgehead atoms. The van der Waals surface area contributed by atoms with Gasteiger partial charge >= 0.3 is 0 Å². The van der Waals surface area contributed by atoms with Gasteiger partial charge in [-0.15, -0.1) is 11.3 Å². The molecular weight excluding hydrogens is 279 g/mol. The van der Waals surface area contributed by atoms with Gasteiger partial charge in [0.25, 0.3) is 5.91 Å². The van der Waals surface area contributed by atoms with Gasteiger partial charge < -0.3 is 4.74 Å². The van der Waals surface area contributed by atoms with Gasteiger partial charge in [0, 0.05) is 9.75 Å². The van der Waals surface area contributed by atoms with E-state index in [4.69, 9.17) is 4.74 Å². The van der Waals surface area contributed by atoms with E-state index >= 15 is 0 Å². The SMILES string of the molecule is Cc1ccc(/C=N/NC(=O)COc2ccc(F)cc2)s1. The number of nitrogens with zero attached hydrogens (tertiary/aromatic N) is 1. The number of aryl methyl sites for hydroxylation is 1. The molecule has 0 saturated heterocycles. The number of carbonyl (C=O) groups excluding carboxylic acids is 1. The first kappa shape index (κ1) is 14.2. The number of nitrogens with one attached hydrogen (secondary N) is 1. The normalized spacial score (nSPS) is 10.7. The van der Waals surface area contributed by atoms with Crippen LogP contribution in [0, 0.1) is 12.7 Å². The molecular formula is C14H13FN2O2S. The van der Waals surface area contributed by atoms with Crippen molar-refractivity contribution in [3.63, 3.8) is 0 Å². The Hall–Kier alpha value is -2.21. The summed E-state index contributed by atoms with van der Waals surface area (Å²) in [5, 5.41) is 3.83. The Kier molecular flexibility index (Phi) is 4.84. The lowest BCUT2D eigenvalue weighted by atomic mass is 10.3. The Morgan fingerprint density at radius 1 is 1.35 bits per heavy atom. The maximum atomic E-state index is 12.7. The summed E-state index contributed by atoms with van der Waals surface area (Å²) >= 11 is 1.58. The molecule has 1 N–H and O–H groups in total. The summed E-state index contributed by atoms with van der Waals surface area (Å²) in [7, 11) is 0. The van der Waals surface area contributed by atoms with Gasteiger partial charge in [-0.2, -0.15) is 5.10 Å². The molecule has 1 aromatic heterocycles. The lowest BCUT2D eigenvalue weighted by Gasteiger charge is -2.04. The van der Waals surface area contributed by atoms with Crippen molar-refractivity contribution in [3.8, 4) is 5.75 Å². The zero-order chi connectivity index (χ0) is 14.4. The van der Waals surface area contributed by atoms with Gasteiger partial charge in [-0.3, -0.25) is 4.79 Å². The number of benzene rings is 1. The lowest BCUT2D eigenvalue weighted by Crippen LogP contribution is -2.24. The van der Waals surface area contributed by atoms with Crippen molar-refractivity contribution >= 4 is 23.5 Å². The van der Waals surface area contributed by atoms with E-state index < -0.39 is 0 Å². The Morgan fingerprint density at radius 2 is 2.10 bits per heavy atom. The summed E-state index contributed by atoms with van der Waals surface area (Å²) in [6, 6.07) is 9.35. The van der Waals surface area contributed by atoms with Crippen molar-refractivity contribution in [1.29, 1.82) is 0 Å². The third-order valence-electron chi connectivity index (χ3n) is 2.33. The van der Waals surface area contributed by atoms with Gasteiger partial charge in [-0.05, 0) is 43.3 Å². The van der Waals surface area contributed by atoms with Crippen LogP contribution in [0.1, 0.15) is 9.75 Å². The zero-order valence-electron chi connectivity index (χ0n) is 10.8. The first-order chi connectivity index (χ1) is 9.63. The second kappa shape index (κ2) is 6.81. The van der Waals surface area contributed by atoms with Crippen molar-refractivity contribution < 1.29 is 13.9 Å². The van der Waals surface area contributed by atoms with Gasteiger partial charge in [-0.25, -0.2) is 9.82 Å². The van der Waals surface area contributed by atoms with Gasteiger partial charge in [0.15, 0.2) is 6.61 Å². The maximum Gasteiger partial charge on any atom is 0.277 e. The zero-order valence-corrected chi connectivity index (χ0v) is 11.6. The highest BCUT2D eigenvalue weighted by atomic mass is 32.1. The van der Waals surface area contributed by atoms with E-state index in [1.54, 1.807) is 17.6 Å². The average molecular weight is 292 g/mol. The van der Waals surface area contributed by atoms with Crippen LogP contribution in [0.3, 0.4) is 0 Å². The third-order valence-corrected chi connectivity index (χ3v) is 3.26. The molecule has 0 aliphatic carbocycles. The van der Waals surface area contributed by atoms with E-state index in [0.29, 0.717) is 5.75 Å². The second-order valence-electron chi connectivity index (χ2n) is 3.98. The molecule has 0 atom stereocenters. The minimum atomic E-state index is -0.376. The Labute approximate surface area is 119 Å². The summed E-state index contributed by atoms with van der Waals surface area (Å²) in [6.45, 7) is 1.82. The maximum absolute atomic E-state index is 12.7. The minimum absolute atomic E-state index is 0.174. The summed E-state index contributed by atoms with van der Waals surface area (Å²) in [5.74, 6) is -0.295. The molecule has 104 valence electrons. The third kappa shape index (κ3) is 4.47. The van der Waals surface area contributed by atoms with E-state index in [-0.39, 0.29) is 18.3 Å². The summed E-state index contributed by atoms with van der Waals surface area (Å²) in [4.78, 5) is 13.6. The van der Waals surface area contributed by atoms with E-state index in [1.807, 2.05) is 19.1 Å². The number of hydrazone groups is 1. The van der Waals surface area contributed by atoms with Crippen molar-refractivity contribution in [3.05, 3.63) is 52.0 Å². The standard InChI is InChI=1S/C14H13FN2O2S/c1-10-2-7-13(20-10)8-16-17-14(18)9-19-12-5-3-11(15)4-6-12/h2-8H,9H2,1H3,(H,17,18)/b16-8+. The van der Waals surface area contributed by atoms with Crippen molar-refractivity contribution in [2.75, 3.05) is 6.61 Å². The van der Waals surface area contributed by atoms with Crippen LogP contribution in [-0.2, 0) is 4.79 Å². The molecule has 6 heteroatoms. The molecule has 0 aliphatic rings. The van der Waals surface area contributed by atoms with Crippen LogP contribution in [0.4, 0.5) is 4.39 Å². The quantitative estimate of drug-likeness (QED) is 0.680. The number of hydrogen-bond donors (Lipinski definition) is 1. The highest BCUT2D eigenvalue weighted by Gasteiger charge is 2.01. The molecule has 0 radical (unpaired) electrons. The smallest absolute Gasteiger partial charge is 0.277 e. The molecule has 2 aromatic rings. The van der Waals surface area contributed by atoms with Crippen LogP contribution in [0.2, 0.25) is 0 Å². The highest BCUT2D eigenvalue weighted by molar-refractivity contribution is 7.13.